The van der Waals surface area contributed by atoms with Crippen molar-refractivity contribution in [1.82, 2.24) is 9.88 Å². The van der Waals surface area contributed by atoms with Crippen LogP contribution in [-0.4, -0.2) is 54.9 Å². The highest BCUT2D eigenvalue weighted by molar-refractivity contribution is 5.94. The van der Waals surface area contributed by atoms with Gasteiger partial charge in [-0.2, -0.15) is 13.2 Å². The molecule has 2 aromatic carbocycles. The second kappa shape index (κ2) is 11.9. The van der Waals surface area contributed by atoms with Crippen molar-refractivity contribution in [3.63, 3.8) is 0 Å². The zero-order chi connectivity index (χ0) is 30.1. The molecule has 3 aliphatic rings. The number of carbonyl (C=O) groups excluding carboxylic acids is 2. The van der Waals surface area contributed by atoms with Gasteiger partial charge in [0.2, 0.25) is 11.8 Å². The maximum Gasteiger partial charge on any atom is 0.416 e. The summed E-state index contributed by atoms with van der Waals surface area (Å²) in [6, 6.07) is 12.9. The minimum Gasteiger partial charge on any atom is -0.457 e. The summed E-state index contributed by atoms with van der Waals surface area (Å²) >= 11 is 0. The number of ether oxygens (including phenoxy) is 1. The van der Waals surface area contributed by atoms with E-state index in [9.17, 15) is 22.8 Å². The van der Waals surface area contributed by atoms with Gasteiger partial charge >= 0.3 is 6.18 Å². The molecule has 1 saturated heterocycles. The number of benzene rings is 2. The Morgan fingerprint density at radius 2 is 1.60 bits per heavy atom. The molecule has 11 heteroatoms. The van der Waals surface area contributed by atoms with E-state index < -0.39 is 17.7 Å². The Balaban J connectivity index is 1.14. The number of nitrogens with zero attached hydrogens (tertiary/aromatic N) is 3. The van der Waals surface area contributed by atoms with Crippen molar-refractivity contribution in [1.29, 1.82) is 0 Å². The topological polar surface area (TPSA) is 86.8 Å². The zero-order valence-corrected chi connectivity index (χ0v) is 23.9. The minimum atomic E-state index is -4.53. The molecule has 1 aliphatic heterocycles. The highest BCUT2D eigenvalue weighted by atomic mass is 19.4. The first-order valence-corrected chi connectivity index (χ1v) is 14.6. The van der Waals surface area contributed by atoms with Crippen LogP contribution in [0, 0.1) is 11.8 Å². The Labute approximate surface area is 248 Å². The third-order valence-electron chi connectivity index (χ3n) is 8.32. The molecule has 0 bridgehead atoms. The molecule has 1 saturated carbocycles. The van der Waals surface area contributed by atoms with Crippen LogP contribution in [0.15, 0.2) is 54.7 Å². The van der Waals surface area contributed by atoms with Gasteiger partial charge in [0.25, 0.3) is 0 Å². The highest BCUT2D eigenvalue weighted by Gasteiger charge is 2.33. The first kappa shape index (κ1) is 29.0. The molecule has 2 N–H and O–H groups in total. The first-order chi connectivity index (χ1) is 20.6. The van der Waals surface area contributed by atoms with Crippen LogP contribution in [0.4, 0.5) is 30.4 Å². The van der Waals surface area contributed by atoms with Gasteiger partial charge in [0.1, 0.15) is 17.3 Å². The SMILES string of the molecule is CN1CCN(c2cc(NC(=O)C3CCc4ccc(Oc5ccnc(NC(=O)C6CC6)c5)cc4C3)cc(C(F)(F)F)c2)CC1. The number of aromatic nitrogens is 1. The average molecular weight is 594 g/mol. The van der Waals surface area contributed by atoms with E-state index in [-0.39, 0.29) is 23.4 Å². The number of pyridine rings is 1. The molecular weight excluding hydrogens is 559 g/mol. The van der Waals surface area contributed by atoms with Crippen LogP contribution in [0.5, 0.6) is 11.5 Å². The van der Waals surface area contributed by atoms with Crippen LogP contribution in [-0.2, 0) is 28.6 Å². The van der Waals surface area contributed by atoms with Crippen molar-refractivity contribution in [3.8, 4) is 11.5 Å². The van der Waals surface area contributed by atoms with Crippen LogP contribution in [0.1, 0.15) is 36.0 Å². The maximum absolute atomic E-state index is 13.8. The van der Waals surface area contributed by atoms with E-state index in [4.69, 9.17) is 4.74 Å². The third-order valence-corrected chi connectivity index (χ3v) is 8.32. The highest BCUT2D eigenvalue weighted by Crippen LogP contribution is 2.36. The number of anilines is 3. The van der Waals surface area contributed by atoms with Gasteiger partial charge in [0.15, 0.2) is 0 Å². The van der Waals surface area contributed by atoms with Crippen molar-refractivity contribution in [3.05, 3.63) is 71.4 Å². The Hall–Kier alpha value is -4.12. The van der Waals surface area contributed by atoms with E-state index in [0.717, 1.165) is 49.2 Å². The molecule has 1 aromatic heterocycles. The van der Waals surface area contributed by atoms with E-state index in [1.165, 1.54) is 0 Å². The number of alkyl halides is 3. The van der Waals surface area contributed by atoms with Crippen molar-refractivity contribution in [2.45, 2.75) is 38.3 Å². The van der Waals surface area contributed by atoms with E-state index in [2.05, 4.69) is 20.5 Å². The standard InChI is InChI=1S/C32H34F3N5O3/c1-39-10-12-40(13-11-39)26-17-24(32(33,34)35)16-25(18-26)37-31(42)22-5-2-20-6-7-27(15-23(20)14-22)43-28-8-9-36-29(19-28)38-30(41)21-3-4-21/h6-9,15-19,21-22H,2-5,10-14H2,1H3,(H,37,42)(H,36,38,41). The normalized spacial score (nSPS) is 19.0. The van der Waals surface area contributed by atoms with Gasteiger partial charge in [-0.15, -0.1) is 0 Å². The monoisotopic (exact) mass is 593 g/mol. The van der Waals surface area contributed by atoms with Gasteiger partial charge in [-0.3, -0.25) is 9.59 Å². The smallest absolute Gasteiger partial charge is 0.416 e. The molecule has 6 rings (SSSR count). The molecule has 2 aliphatic carbocycles. The molecule has 1 atom stereocenters. The summed E-state index contributed by atoms with van der Waals surface area (Å²) in [6.45, 7) is 2.74. The lowest BCUT2D eigenvalue weighted by Gasteiger charge is -2.34. The number of amides is 2. The van der Waals surface area contributed by atoms with E-state index in [0.29, 0.717) is 55.4 Å². The largest absolute Gasteiger partial charge is 0.457 e. The lowest BCUT2D eigenvalue weighted by molar-refractivity contribution is -0.137. The minimum absolute atomic E-state index is 0.0385. The molecular formula is C32H34F3N5O3. The number of halogens is 3. The number of nitrogens with one attached hydrogen (secondary N) is 2. The summed E-state index contributed by atoms with van der Waals surface area (Å²) in [5, 5.41) is 5.60. The number of hydrogen-bond donors (Lipinski definition) is 2. The number of aryl methyl sites for hydroxylation is 1. The van der Waals surface area contributed by atoms with E-state index in [1.807, 2.05) is 30.1 Å². The van der Waals surface area contributed by atoms with Crippen molar-refractivity contribution < 1.29 is 27.5 Å². The molecule has 2 amide bonds. The number of fused-ring (bicyclic) bond motifs is 1. The molecule has 2 fully saturated rings. The summed E-state index contributed by atoms with van der Waals surface area (Å²) < 4.78 is 47.4. The summed E-state index contributed by atoms with van der Waals surface area (Å²) in [6.07, 6.45) is 0.552. The van der Waals surface area contributed by atoms with Crippen LogP contribution < -0.4 is 20.3 Å². The van der Waals surface area contributed by atoms with Gasteiger partial charge < -0.3 is 25.2 Å². The van der Waals surface area contributed by atoms with Crippen LogP contribution in [0.3, 0.4) is 0 Å². The number of carbonyl (C=O) groups is 2. The first-order valence-electron chi connectivity index (χ1n) is 14.6. The van der Waals surface area contributed by atoms with Crippen LogP contribution in [0.2, 0.25) is 0 Å². The average Bonchev–Trinajstić information content (AvgIpc) is 3.83. The van der Waals surface area contributed by atoms with Gasteiger partial charge in [-0.05, 0) is 86.7 Å². The number of likely N-dealkylation sites (N-methyl/N-ethyl adjacent to an activating group) is 1. The molecule has 3 aromatic rings. The van der Waals surface area contributed by atoms with Crippen molar-refractivity contribution in [2.75, 3.05) is 48.8 Å². The van der Waals surface area contributed by atoms with Gasteiger partial charge in [-0.25, -0.2) is 4.98 Å². The lowest BCUT2D eigenvalue weighted by Crippen LogP contribution is -2.44. The van der Waals surface area contributed by atoms with Crippen LogP contribution >= 0.6 is 0 Å². The molecule has 43 heavy (non-hydrogen) atoms. The van der Waals surface area contributed by atoms with Gasteiger partial charge in [0.05, 0.1) is 5.56 Å². The molecule has 226 valence electrons. The molecule has 0 radical (unpaired) electrons. The van der Waals surface area contributed by atoms with E-state index >= 15 is 0 Å². The number of rotatable bonds is 7. The summed E-state index contributed by atoms with van der Waals surface area (Å²) in [7, 11) is 1.99. The predicted molar refractivity (Wildman–Crippen MR) is 157 cm³/mol. The zero-order valence-electron chi connectivity index (χ0n) is 23.9. The fraction of sp³-hybridized carbons (Fsp3) is 0.406. The second-order valence-corrected chi connectivity index (χ2v) is 11.7. The van der Waals surface area contributed by atoms with Crippen molar-refractivity contribution in [2.24, 2.45) is 11.8 Å². The fourth-order valence-electron chi connectivity index (χ4n) is 5.61. The molecule has 2 heterocycles. The second-order valence-electron chi connectivity index (χ2n) is 11.7. The van der Waals surface area contributed by atoms with Gasteiger partial charge in [0, 0.05) is 61.7 Å². The van der Waals surface area contributed by atoms with E-state index in [1.54, 1.807) is 24.4 Å². The van der Waals surface area contributed by atoms with Gasteiger partial charge in [-0.1, -0.05) is 6.07 Å². The Kier molecular flexibility index (Phi) is 8.00. The number of hydrogen-bond acceptors (Lipinski definition) is 6. The molecule has 8 nitrogen and oxygen atoms in total. The lowest BCUT2D eigenvalue weighted by atomic mass is 9.83. The fourth-order valence-corrected chi connectivity index (χ4v) is 5.61. The van der Waals surface area contributed by atoms with Crippen LogP contribution in [0.25, 0.3) is 0 Å². The van der Waals surface area contributed by atoms with Crippen molar-refractivity contribution >= 4 is 29.0 Å². The maximum atomic E-state index is 13.8. The summed E-state index contributed by atoms with van der Waals surface area (Å²) in [5.74, 6) is 0.857. The molecule has 0 spiro atoms. The Morgan fingerprint density at radius 1 is 0.860 bits per heavy atom. The Morgan fingerprint density at radius 3 is 2.35 bits per heavy atom. The summed E-state index contributed by atoms with van der Waals surface area (Å²) in [4.78, 5) is 33.7. The predicted octanol–water partition coefficient (Wildman–Crippen LogP) is 5.74. The Bertz CT molecular complexity index is 1520. The summed E-state index contributed by atoms with van der Waals surface area (Å²) in [5.41, 5.74) is 1.91. The quantitative estimate of drug-likeness (QED) is 0.364. The molecule has 1 unspecified atom stereocenters. The third kappa shape index (κ3) is 7.10. The number of piperazine rings is 1.